The van der Waals surface area contributed by atoms with Gasteiger partial charge in [-0.25, -0.2) is 9.97 Å². The van der Waals surface area contributed by atoms with Crippen molar-refractivity contribution >= 4 is 0 Å². The van der Waals surface area contributed by atoms with Gasteiger partial charge >= 0.3 is 0 Å². The second kappa shape index (κ2) is 7.57. The summed E-state index contributed by atoms with van der Waals surface area (Å²) in [6.45, 7) is 2.26. The summed E-state index contributed by atoms with van der Waals surface area (Å²) in [5.41, 5.74) is 2.49. The monoisotopic (exact) mass is 333 g/mol. The number of hydrogen-bond acceptors (Lipinski definition) is 4. The van der Waals surface area contributed by atoms with Gasteiger partial charge in [0, 0.05) is 12.4 Å². The Bertz CT molecular complexity index is 785. The van der Waals surface area contributed by atoms with Gasteiger partial charge in [0.1, 0.15) is 6.33 Å². The molecule has 1 saturated heterocycles. The number of imidazole rings is 1. The van der Waals surface area contributed by atoms with Crippen LogP contribution >= 0.6 is 0 Å². The van der Waals surface area contributed by atoms with Crippen molar-refractivity contribution in [2.24, 2.45) is 0 Å². The molecule has 1 aromatic carbocycles. The van der Waals surface area contributed by atoms with Crippen molar-refractivity contribution < 1.29 is 0 Å². The first-order valence-corrected chi connectivity index (χ1v) is 8.98. The molecule has 2 aromatic heterocycles. The standard InChI is InChI=1S/C20H23N5/c1-2-6-17(7-3-1)8-4-11-24-12-5-9-19(24)18-14-22-15-20(23-18)25-13-10-21-16-25/h1-3,6-7,10,13-16,19H,4-5,8-9,11-12H2. The molecule has 1 unspecified atom stereocenters. The molecule has 0 aliphatic carbocycles. The van der Waals surface area contributed by atoms with Crippen LogP contribution in [0.25, 0.3) is 5.82 Å². The average Bonchev–Trinajstić information content (AvgIpc) is 3.35. The fourth-order valence-electron chi connectivity index (χ4n) is 3.61. The third-order valence-corrected chi connectivity index (χ3v) is 4.87. The molecule has 1 aliphatic rings. The van der Waals surface area contributed by atoms with E-state index in [1.54, 1.807) is 18.7 Å². The Hall–Kier alpha value is -2.53. The average molecular weight is 333 g/mol. The number of hydrogen-bond donors (Lipinski definition) is 0. The number of rotatable bonds is 6. The molecule has 0 spiro atoms. The van der Waals surface area contributed by atoms with E-state index in [2.05, 4.69) is 45.2 Å². The van der Waals surface area contributed by atoms with Gasteiger partial charge in [0.25, 0.3) is 0 Å². The first-order valence-electron chi connectivity index (χ1n) is 8.98. The highest BCUT2D eigenvalue weighted by Gasteiger charge is 2.27. The van der Waals surface area contributed by atoms with Crippen molar-refractivity contribution in [2.75, 3.05) is 13.1 Å². The summed E-state index contributed by atoms with van der Waals surface area (Å²) in [5, 5.41) is 0. The van der Waals surface area contributed by atoms with Crippen LogP contribution in [0.1, 0.15) is 36.6 Å². The van der Waals surface area contributed by atoms with Crippen LogP contribution in [0.2, 0.25) is 0 Å². The van der Waals surface area contributed by atoms with Crippen molar-refractivity contribution in [3.05, 3.63) is 72.7 Å². The second-order valence-electron chi connectivity index (χ2n) is 6.56. The number of nitrogens with zero attached hydrogens (tertiary/aromatic N) is 5. The van der Waals surface area contributed by atoms with Gasteiger partial charge < -0.3 is 0 Å². The van der Waals surface area contributed by atoms with Crippen molar-refractivity contribution in [3.63, 3.8) is 0 Å². The fraction of sp³-hybridized carbons (Fsp3) is 0.350. The molecule has 5 nitrogen and oxygen atoms in total. The van der Waals surface area contributed by atoms with Crippen molar-refractivity contribution in [1.82, 2.24) is 24.4 Å². The maximum atomic E-state index is 4.83. The first-order chi connectivity index (χ1) is 12.4. The van der Waals surface area contributed by atoms with Crippen LogP contribution in [0, 0.1) is 0 Å². The Labute approximate surface area is 148 Å². The maximum Gasteiger partial charge on any atom is 0.156 e. The minimum Gasteiger partial charge on any atom is -0.295 e. The molecule has 0 amide bonds. The summed E-state index contributed by atoms with van der Waals surface area (Å²) in [7, 11) is 0. The van der Waals surface area contributed by atoms with Gasteiger partial charge in [-0.05, 0) is 44.3 Å². The minimum atomic E-state index is 0.381. The second-order valence-corrected chi connectivity index (χ2v) is 6.56. The van der Waals surface area contributed by atoms with E-state index in [-0.39, 0.29) is 0 Å². The Morgan fingerprint density at radius 2 is 2.00 bits per heavy atom. The van der Waals surface area contributed by atoms with Gasteiger partial charge in [-0.3, -0.25) is 14.5 Å². The summed E-state index contributed by atoms with van der Waals surface area (Å²) in [5.74, 6) is 0.839. The van der Waals surface area contributed by atoms with E-state index in [9.17, 15) is 0 Å². The molecule has 1 fully saturated rings. The van der Waals surface area contributed by atoms with E-state index >= 15 is 0 Å². The summed E-state index contributed by atoms with van der Waals surface area (Å²) in [6, 6.07) is 11.1. The van der Waals surface area contributed by atoms with Gasteiger partial charge in [0.05, 0.1) is 24.1 Å². The molecule has 3 aromatic rings. The van der Waals surface area contributed by atoms with Gasteiger partial charge in [0.2, 0.25) is 0 Å². The molecule has 0 bridgehead atoms. The molecule has 5 heteroatoms. The van der Waals surface area contributed by atoms with Crippen molar-refractivity contribution in [2.45, 2.75) is 31.7 Å². The zero-order valence-electron chi connectivity index (χ0n) is 14.3. The Morgan fingerprint density at radius 1 is 1.08 bits per heavy atom. The van der Waals surface area contributed by atoms with E-state index in [1.807, 2.05) is 17.0 Å². The first kappa shape index (κ1) is 16.0. The summed E-state index contributed by atoms with van der Waals surface area (Å²) < 4.78 is 1.91. The van der Waals surface area contributed by atoms with Gasteiger partial charge in [-0.1, -0.05) is 30.3 Å². The van der Waals surface area contributed by atoms with Crippen molar-refractivity contribution in [3.8, 4) is 5.82 Å². The largest absolute Gasteiger partial charge is 0.295 e. The van der Waals surface area contributed by atoms with Gasteiger partial charge in [-0.2, -0.15) is 0 Å². The smallest absolute Gasteiger partial charge is 0.156 e. The summed E-state index contributed by atoms with van der Waals surface area (Å²) >= 11 is 0. The third-order valence-electron chi connectivity index (χ3n) is 4.87. The molecule has 0 saturated carbocycles. The Morgan fingerprint density at radius 3 is 2.84 bits per heavy atom. The van der Waals surface area contributed by atoms with E-state index in [0.717, 1.165) is 37.4 Å². The predicted octanol–water partition coefficient (Wildman–Crippen LogP) is 3.43. The summed E-state index contributed by atoms with van der Waals surface area (Å²) in [4.78, 5) is 15.9. The zero-order chi connectivity index (χ0) is 16.9. The normalized spacial score (nSPS) is 17.8. The quantitative estimate of drug-likeness (QED) is 0.693. The van der Waals surface area contributed by atoms with Crippen LogP contribution < -0.4 is 0 Å². The Balaban J connectivity index is 1.42. The zero-order valence-corrected chi connectivity index (χ0v) is 14.3. The van der Waals surface area contributed by atoms with Crippen LogP contribution in [0.3, 0.4) is 0 Å². The third kappa shape index (κ3) is 3.77. The highest BCUT2D eigenvalue weighted by atomic mass is 15.2. The SMILES string of the molecule is c1ccc(CCCN2CCCC2c2cncc(-n3ccnc3)n2)cc1. The van der Waals surface area contributed by atoms with Gasteiger partial charge in [0.15, 0.2) is 5.82 Å². The molecule has 0 radical (unpaired) electrons. The molecule has 128 valence electrons. The maximum absolute atomic E-state index is 4.83. The topological polar surface area (TPSA) is 46.8 Å². The molecule has 0 N–H and O–H groups in total. The Kier molecular flexibility index (Phi) is 4.84. The van der Waals surface area contributed by atoms with Crippen LogP contribution in [0.4, 0.5) is 0 Å². The minimum absolute atomic E-state index is 0.381. The van der Waals surface area contributed by atoms with Crippen LogP contribution in [-0.2, 0) is 6.42 Å². The number of likely N-dealkylation sites (tertiary alicyclic amines) is 1. The molecular formula is C20H23N5. The lowest BCUT2D eigenvalue weighted by molar-refractivity contribution is 0.249. The van der Waals surface area contributed by atoms with E-state index < -0.39 is 0 Å². The molecule has 1 aliphatic heterocycles. The lowest BCUT2D eigenvalue weighted by atomic mass is 10.1. The lowest BCUT2D eigenvalue weighted by Crippen LogP contribution is -2.25. The van der Waals surface area contributed by atoms with Crippen LogP contribution in [0.15, 0.2) is 61.4 Å². The lowest BCUT2D eigenvalue weighted by Gasteiger charge is -2.24. The number of aromatic nitrogens is 4. The van der Waals surface area contributed by atoms with Crippen LogP contribution in [0.5, 0.6) is 0 Å². The summed E-state index contributed by atoms with van der Waals surface area (Å²) in [6.07, 6.45) is 13.8. The van der Waals surface area contributed by atoms with Crippen molar-refractivity contribution in [1.29, 1.82) is 0 Å². The number of aryl methyl sites for hydroxylation is 1. The molecule has 4 rings (SSSR count). The molecule has 3 heterocycles. The molecule has 1 atom stereocenters. The highest BCUT2D eigenvalue weighted by Crippen LogP contribution is 2.30. The highest BCUT2D eigenvalue weighted by molar-refractivity contribution is 5.21. The van der Waals surface area contributed by atoms with E-state index in [1.165, 1.54) is 18.4 Å². The van der Waals surface area contributed by atoms with E-state index in [0.29, 0.717) is 6.04 Å². The van der Waals surface area contributed by atoms with Gasteiger partial charge in [-0.15, -0.1) is 0 Å². The molecule has 25 heavy (non-hydrogen) atoms. The van der Waals surface area contributed by atoms with Crippen LogP contribution in [-0.4, -0.2) is 37.5 Å². The molecular weight excluding hydrogens is 310 g/mol. The predicted molar refractivity (Wildman–Crippen MR) is 97.5 cm³/mol. The fourth-order valence-corrected chi connectivity index (χ4v) is 3.61. The number of benzene rings is 1. The van der Waals surface area contributed by atoms with E-state index in [4.69, 9.17) is 4.98 Å².